The minimum Gasteiger partial charge on any atom is -0.423 e. The molecule has 0 unspecified atom stereocenters. The molecule has 2 N–H and O–H groups in total. The van der Waals surface area contributed by atoms with Crippen molar-refractivity contribution in [1.29, 1.82) is 0 Å². The van der Waals surface area contributed by atoms with Crippen LogP contribution >= 0.6 is 0 Å². The Morgan fingerprint density at radius 3 is 2.75 bits per heavy atom. The predicted octanol–water partition coefficient (Wildman–Crippen LogP) is 0.423. The molecule has 0 aromatic carbocycles. The zero-order valence-electron chi connectivity index (χ0n) is 12.1. The van der Waals surface area contributed by atoms with Crippen molar-refractivity contribution in [2.24, 2.45) is 0 Å². The van der Waals surface area contributed by atoms with E-state index in [-0.39, 0.29) is 0 Å². The summed E-state index contributed by atoms with van der Waals surface area (Å²) in [6.45, 7) is 7.94. The molecule has 6 nitrogen and oxygen atoms in total. The van der Waals surface area contributed by atoms with Gasteiger partial charge in [0.2, 0.25) is 0 Å². The van der Waals surface area contributed by atoms with E-state index in [4.69, 9.17) is 4.74 Å². The van der Waals surface area contributed by atoms with Gasteiger partial charge in [-0.05, 0) is 17.6 Å². The fourth-order valence-electron chi connectivity index (χ4n) is 1.85. The fraction of sp³-hybridized carbons (Fsp3) is 0.500. The van der Waals surface area contributed by atoms with Gasteiger partial charge in [0.05, 0.1) is 6.20 Å². The number of hydrogen-bond acceptors (Lipinski definition) is 5. The van der Waals surface area contributed by atoms with Gasteiger partial charge in [0, 0.05) is 26.3 Å². The van der Waals surface area contributed by atoms with E-state index in [1.807, 2.05) is 0 Å². The summed E-state index contributed by atoms with van der Waals surface area (Å²) >= 11 is 0. The van der Waals surface area contributed by atoms with Gasteiger partial charge in [0.25, 0.3) is 0 Å². The summed E-state index contributed by atoms with van der Waals surface area (Å²) < 4.78 is 7.26. The molecule has 2 rings (SSSR count). The zero-order chi connectivity index (χ0) is 14.8. The summed E-state index contributed by atoms with van der Waals surface area (Å²) in [6, 6.07) is 2.67. The van der Waals surface area contributed by atoms with Gasteiger partial charge in [-0.15, -0.1) is 0 Å². The van der Waals surface area contributed by atoms with Crippen LogP contribution < -0.4 is 5.46 Å². The van der Waals surface area contributed by atoms with Gasteiger partial charge < -0.3 is 14.8 Å². The molecule has 0 radical (unpaired) electrons. The standard InChI is InChI=1S/C12H20BN3O3Si/c1-20(2,3)7-6-19-9-16-12-10(8-15-16)11(13(17)18)4-5-14-12/h4-5,8,17-18H,6-7,9H2,1-3H3. The van der Waals surface area contributed by atoms with Crippen molar-refractivity contribution in [1.82, 2.24) is 14.8 Å². The maximum absolute atomic E-state index is 9.30. The van der Waals surface area contributed by atoms with Crippen molar-refractivity contribution in [3.8, 4) is 0 Å². The Morgan fingerprint density at radius 1 is 1.35 bits per heavy atom. The molecule has 108 valence electrons. The van der Waals surface area contributed by atoms with Crippen molar-refractivity contribution in [2.45, 2.75) is 32.4 Å². The number of fused-ring (bicyclic) bond motifs is 1. The molecule has 0 spiro atoms. The van der Waals surface area contributed by atoms with E-state index >= 15 is 0 Å². The van der Waals surface area contributed by atoms with E-state index < -0.39 is 15.2 Å². The van der Waals surface area contributed by atoms with E-state index in [9.17, 15) is 10.0 Å². The minimum absolute atomic E-state index is 0.325. The quantitative estimate of drug-likeness (QED) is 0.596. The van der Waals surface area contributed by atoms with Crippen LogP contribution in [0.25, 0.3) is 11.0 Å². The lowest BCUT2D eigenvalue weighted by Gasteiger charge is -2.15. The van der Waals surface area contributed by atoms with Crippen molar-refractivity contribution < 1.29 is 14.8 Å². The number of ether oxygens (including phenoxy) is 1. The van der Waals surface area contributed by atoms with Gasteiger partial charge in [0.1, 0.15) is 6.73 Å². The van der Waals surface area contributed by atoms with Crippen molar-refractivity contribution in [3.05, 3.63) is 18.5 Å². The Balaban J connectivity index is 2.07. The number of aromatic nitrogens is 3. The second-order valence-electron chi connectivity index (χ2n) is 6.00. The Morgan fingerprint density at radius 2 is 2.10 bits per heavy atom. The van der Waals surface area contributed by atoms with Gasteiger partial charge in [-0.3, -0.25) is 0 Å². The first-order valence-corrected chi connectivity index (χ1v) is 10.3. The third kappa shape index (κ3) is 3.66. The first-order chi connectivity index (χ1) is 9.38. The third-order valence-corrected chi connectivity index (χ3v) is 4.77. The van der Waals surface area contributed by atoms with Crippen LogP contribution in [0, 0.1) is 0 Å². The van der Waals surface area contributed by atoms with E-state index in [1.165, 1.54) is 6.20 Å². The molecule has 8 heteroatoms. The average Bonchev–Trinajstić information content (AvgIpc) is 2.76. The highest BCUT2D eigenvalue weighted by atomic mass is 28.3. The molecule has 0 saturated carbocycles. The molecule has 0 aliphatic heterocycles. The number of pyridine rings is 1. The summed E-state index contributed by atoms with van der Waals surface area (Å²) in [6.07, 6.45) is 3.12. The molecule has 0 aliphatic carbocycles. The topological polar surface area (TPSA) is 80.4 Å². The smallest absolute Gasteiger partial charge is 0.423 e. The average molecular weight is 293 g/mol. The van der Waals surface area contributed by atoms with Crippen LogP contribution in [0.5, 0.6) is 0 Å². The SMILES string of the molecule is C[Si](C)(C)CCOCn1ncc2c(B(O)O)ccnc21. The highest BCUT2D eigenvalue weighted by molar-refractivity contribution is 6.76. The van der Waals surface area contributed by atoms with Gasteiger partial charge >= 0.3 is 7.12 Å². The lowest BCUT2D eigenvalue weighted by atomic mass is 9.79. The maximum atomic E-state index is 9.30. The predicted molar refractivity (Wildman–Crippen MR) is 81.5 cm³/mol. The van der Waals surface area contributed by atoms with Crippen LogP contribution in [0.15, 0.2) is 18.5 Å². The molecule has 0 atom stereocenters. The second kappa shape index (κ2) is 6.05. The van der Waals surface area contributed by atoms with Crippen LogP contribution in [0.3, 0.4) is 0 Å². The van der Waals surface area contributed by atoms with Crippen LogP contribution in [-0.4, -0.2) is 46.6 Å². The first-order valence-electron chi connectivity index (χ1n) is 6.63. The molecular weight excluding hydrogens is 273 g/mol. The van der Waals surface area contributed by atoms with Gasteiger partial charge in [0.15, 0.2) is 5.65 Å². The van der Waals surface area contributed by atoms with Crippen LogP contribution in [-0.2, 0) is 11.5 Å². The highest BCUT2D eigenvalue weighted by Crippen LogP contribution is 2.10. The second-order valence-corrected chi connectivity index (χ2v) is 11.6. The molecule has 0 fully saturated rings. The van der Waals surface area contributed by atoms with Crippen LogP contribution in [0.4, 0.5) is 0 Å². The first kappa shape index (κ1) is 15.2. The van der Waals surface area contributed by atoms with E-state index in [0.29, 0.717) is 29.8 Å². The Bertz CT molecular complexity index is 583. The van der Waals surface area contributed by atoms with Crippen molar-refractivity contribution in [2.75, 3.05) is 6.61 Å². The van der Waals surface area contributed by atoms with Crippen LogP contribution in [0.2, 0.25) is 25.7 Å². The monoisotopic (exact) mass is 293 g/mol. The van der Waals surface area contributed by atoms with Crippen molar-refractivity contribution in [3.63, 3.8) is 0 Å². The molecule has 2 aromatic rings. The zero-order valence-corrected chi connectivity index (χ0v) is 13.1. The largest absolute Gasteiger partial charge is 0.489 e. The minimum atomic E-state index is -1.52. The Kier molecular flexibility index (Phi) is 4.59. The molecule has 2 heterocycles. The summed E-state index contributed by atoms with van der Waals surface area (Å²) in [5, 5.41) is 23.4. The van der Waals surface area contributed by atoms with E-state index in [0.717, 1.165) is 6.04 Å². The lowest BCUT2D eigenvalue weighted by molar-refractivity contribution is 0.0813. The normalized spacial score (nSPS) is 12.1. The number of rotatable bonds is 6. The Labute approximate surface area is 119 Å². The number of nitrogens with zero attached hydrogens (tertiary/aromatic N) is 3. The van der Waals surface area contributed by atoms with E-state index in [1.54, 1.807) is 16.9 Å². The highest BCUT2D eigenvalue weighted by Gasteiger charge is 2.17. The van der Waals surface area contributed by atoms with E-state index in [2.05, 4.69) is 29.7 Å². The Hall–Kier alpha value is -1.22. The van der Waals surface area contributed by atoms with Gasteiger partial charge in [-0.2, -0.15) is 5.10 Å². The molecule has 0 aliphatic rings. The molecule has 0 bridgehead atoms. The molecular formula is C12H20BN3O3Si. The molecule has 20 heavy (non-hydrogen) atoms. The van der Waals surface area contributed by atoms with Gasteiger partial charge in [-0.25, -0.2) is 9.67 Å². The summed E-state index contributed by atoms with van der Waals surface area (Å²) in [4.78, 5) is 4.22. The fourth-order valence-corrected chi connectivity index (χ4v) is 2.60. The van der Waals surface area contributed by atoms with Crippen LogP contribution in [0.1, 0.15) is 0 Å². The maximum Gasteiger partial charge on any atom is 0.489 e. The summed E-state index contributed by atoms with van der Waals surface area (Å²) in [7, 11) is -2.62. The molecule has 0 saturated heterocycles. The molecule has 2 aromatic heterocycles. The molecule has 0 amide bonds. The third-order valence-electron chi connectivity index (χ3n) is 3.06. The summed E-state index contributed by atoms with van der Waals surface area (Å²) in [5.41, 5.74) is 1.01. The van der Waals surface area contributed by atoms with Crippen molar-refractivity contribution >= 4 is 31.7 Å². The number of hydrogen-bond donors (Lipinski definition) is 2. The van der Waals surface area contributed by atoms with Gasteiger partial charge in [-0.1, -0.05) is 19.6 Å². The summed E-state index contributed by atoms with van der Waals surface area (Å²) in [5.74, 6) is 0. The lowest BCUT2D eigenvalue weighted by Crippen LogP contribution is -2.30.